The molecule has 1 N–H and O–H groups in total. The van der Waals surface area contributed by atoms with E-state index < -0.39 is 5.91 Å². The fraction of sp³-hybridized carbons (Fsp3) is 0.0435. The Labute approximate surface area is 192 Å². The first kappa shape index (κ1) is 21.9. The molecule has 7 heteroatoms. The summed E-state index contributed by atoms with van der Waals surface area (Å²) in [6, 6.07) is 21.3. The van der Waals surface area contributed by atoms with Crippen molar-refractivity contribution in [3.63, 3.8) is 0 Å². The summed E-state index contributed by atoms with van der Waals surface area (Å²) in [6.07, 6.45) is 1.49. The lowest BCUT2D eigenvalue weighted by molar-refractivity contribution is -0.112. The van der Waals surface area contributed by atoms with E-state index in [0.29, 0.717) is 33.7 Å². The van der Waals surface area contributed by atoms with Crippen LogP contribution in [-0.2, 0) is 11.4 Å². The molecule has 150 valence electrons. The van der Waals surface area contributed by atoms with Crippen molar-refractivity contribution in [2.75, 3.05) is 5.32 Å². The molecule has 3 aromatic carbocycles. The molecular weight excluding hydrogens is 487 g/mol. The number of amides is 1. The zero-order valence-electron chi connectivity index (χ0n) is 15.5. The van der Waals surface area contributed by atoms with E-state index in [4.69, 9.17) is 27.9 Å². The van der Waals surface area contributed by atoms with E-state index in [1.807, 2.05) is 24.3 Å². The molecule has 3 aromatic rings. The second-order valence-electron chi connectivity index (χ2n) is 6.23. The minimum Gasteiger partial charge on any atom is -0.488 e. The molecule has 0 atom stereocenters. The quantitative estimate of drug-likeness (QED) is 0.295. The number of benzene rings is 3. The number of anilines is 1. The second-order valence-corrected chi connectivity index (χ2v) is 8.02. The molecule has 3 rings (SSSR count). The monoisotopic (exact) mass is 500 g/mol. The normalized spacial score (nSPS) is 10.9. The molecule has 0 unspecified atom stereocenters. The first-order chi connectivity index (χ1) is 14.4. The van der Waals surface area contributed by atoms with Gasteiger partial charge in [0.15, 0.2) is 0 Å². The number of nitrogens with one attached hydrogen (secondary N) is 1. The van der Waals surface area contributed by atoms with Gasteiger partial charge in [-0.1, -0.05) is 57.3 Å². The van der Waals surface area contributed by atoms with Gasteiger partial charge in [0.25, 0.3) is 5.91 Å². The van der Waals surface area contributed by atoms with Crippen LogP contribution in [-0.4, -0.2) is 5.91 Å². The number of nitrogens with zero attached hydrogens (tertiary/aromatic N) is 1. The van der Waals surface area contributed by atoms with Gasteiger partial charge >= 0.3 is 0 Å². The number of rotatable bonds is 6. The van der Waals surface area contributed by atoms with Crippen LogP contribution in [0.1, 0.15) is 11.1 Å². The number of halogens is 3. The van der Waals surface area contributed by atoms with Crippen LogP contribution in [0.5, 0.6) is 5.75 Å². The van der Waals surface area contributed by atoms with E-state index >= 15 is 0 Å². The van der Waals surface area contributed by atoms with Gasteiger partial charge in [-0.25, -0.2) is 0 Å². The van der Waals surface area contributed by atoms with E-state index in [9.17, 15) is 10.1 Å². The average molecular weight is 502 g/mol. The molecule has 0 aliphatic carbocycles. The molecule has 4 nitrogen and oxygen atoms in total. The standard InChI is InChI=1S/C23H15BrCl2N2O2/c24-18-6-9-22(30-14-15-4-7-19(25)8-5-15)16(11-18)10-17(13-27)23(29)28-21-3-1-2-20(26)12-21/h1-12H,14H2,(H,28,29)/b17-10+. The molecule has 1 amide bonds. The van der Waals surface area contributed by atoms with Crippen LogP contribution in [0.4, 0.5) is 5.69 Å². The summed E-state index contributed by atoms with van der Waals surface area (Å²) in [5.41, 5.74) is 1.97. The zero-order chi connectivity index (χ0) is 21.5. The minimum atomic E-state index is -0.539. The SMILES string of the molecule is N#C/C(=C\c1cc(Br)ccc1OCc1ccc(Cl)cc1)C(=O)Nc1cccc(Cl)c1. The van der Waals surface area contributed by atoms with Gasteiger partial charge in [-0.3, -0.25) is 4.79 Å². The van der Waals surface area contributed by atoms with Gasteiger partial charge in [-0.2, -0.15) is 5.26 Å². The lowest BCUT2D eigenvalue weighted by atomic mass is 10.1. The molecule has 0 aliphatic heterocycles. The zero-order valence-corrected chi connectivity index (χ0v) is 18.6. The second kappa shape index (κ2) is 10.3. The van der Waals surface area contributed by atoms with Crippen LogP contribution in [0.3, 0.4) is 0 Å². The Bertz CT molecular complexity index is 1140. The molecule has 30 heavy (non-hydrogen) atoms. The maximum atomic E-state index is 12.6. The predicted molar refractivity (Wildman–Crippen MR) is 124 cm³/mol. The summed E-state index contributed by atoms with van der Waals surface area (Å²) in [7, 11) is 0. The van der Waals surface area contributed by atoms with Crippen molar-refractivity contribution in [2.45, 2.75) is 6.61 Å². The first-order valence-corrected chi connectivity index (χ1v) is 10.3. The fourth-order valence-corrected chi connectivity index (χ4v) is 3.27. The summed E-state index contributed by atoms with van der Waals surface area (Å²) in [5, 5.41) is 13.3. The van der Waals surface area contributed by atoms with Crippen LogP contribution < -0.4 is 10.1 Å². The Hall–Kier alpha value is -2.78. The number of nitriles is 1. The average Bonchev–Trinajstić information content (AvgIpc) is 2.72. The van der Waals surface area contributed by atoms with Gasteiger partial charge in [0, 0.05) is 25.8 Å². The van der Waals surface area contributed by atoms with Gasteiger partial charge < -0.3 is 10.1 Å². The third kappa shape index (κ3) is 6.11. The molecule has 0 fully saturated rings. The number of carbonyl (C=O) groups excluding carboxylic acids is 1. The van der Waals surface area contributed by atoms with E-state index in [0.717, 1.165) is 10.0 Å². The number of carbonyl (C=O) groups is 1. The number of ether oxygens (including phenoxy) is 1. The van der Waals surface area contributed by atoms with Crippen molar-refractivity contribution in [2.24, 2.45) is 0 Å². The summed E-state index contributed by atoms with van der Waals surface area (Å²) >= 11 is 15.3. The van der Waals surface area contributed by atoms with Gasteiger partial charge in [0.2, 0.25) is 0 Å². The summed E-state index contributed by atoms with van der Waals surface area (Å²) < 4.78 is 6.70. The highest BCUT2D eigenvalue weighted by atomic mass is 79.9. The predicted octanol–water partition coefficient (Wildman–Crippen LogP) is 6.88. The smallest absolute Gasteiger partial charge is 0.266 e. The van der Waals surface area contributed by atoms with Crippen molar-refractivity contribution in [3.05, 3.63) is 97.9 Å². The Balaban J connectivity index is 1.82. The lowest BCUT2D eigenvalue weighted by Crippen LogP contribution is -2.13. The molecule has 0 spiro atoms. The Morgan fingerprint density at radius 2 is 1.83 bits per heavy atom. The summed E-state index contributed by atoms with van der Waals surface area (Å²) in [5.74, 6) is -0.000140. The van der Waals surface area contributed by atoms with Crippen molar-refractivity contribution in [1.82, 2.24) is 0 Å². The van der Waals surface area contributed by atoms with E-state index in [2.05, 4.69) is 21.2 Å². The van der Waals surface area contributed by atoms with Crippen molar-refractivity contribution >= 4 is 56.8 Å². The Kier molecular flexibility index (Phi) is 7.53. The Morgan fingerprint density at radius 1 is 1.07 bits per heavy atom. The largest absolute Gasteiger partial charge is 0.488 e. The topological polar surface area (TPSA) is 62.1 Å². The molecule has 0 aromatic heterocycles. The lowest BCUT2D eigenvalue weighted by Gasteiger charge is -2.11. The molecule has 0 saturated carbocycles. The van der Waals surface area contributed by atoms with Crippen LogP contribution in [0.15, 0.2) is 76.8 Å². The van der Waals surface area contributed by atoms with Crippen LogP contribution in [0.2, 0.25) is 10.0 Å². The van der Waals surface area contributed by atoms with E-state index in [1.54, 1.807) is 48.5 Å². The van der Waals surface area contributed by atoms with Crippen LogP contribution in [0.25, 0.3) is 6.08 Å². The van der Waals surface area contributed by atoms with Crippen LogP contribution in [0, 0.1) is 11.3 Å². The highest BCUT2D eigenvalue weighted by molar-refractivity contribution is 9.10. The summed E-state index contributed by atoms with van der Waals surface area (Å²) in [4.78, 5) is 12.6. The molecule has 0 bridgehead atoms. The minimum absolute atomic E-state index is 0.0654. The van der Waals surface area contributed by atoms with E-state index in [-0.39, 0.29) is 5.57 Å². The highest BCUT2D eigenvalue weighted by Crippen LogP contribution is 2.27. The maximum absolute atomic E-state index is 12.6. The molecule has 0 radical (unpaired) electrons. The third-order valence-electron chi connectivity index (χ3n) is 4.03. The molecule has 0 aliphatic rings. The van der Waals surface area contributed by atoms with Crippen molar-refractivity contribution in [3.8, 4) is 11.8 Å². The third-order valence-corrected chi connectivity index (χ3v) is 5.01. The Morgan fingerprint density at radius 3 is 2.53 bits per heavy atom. The molecule has 0 heterocycles. The van der Waals surface area contributed by atoms with Crippen molar-refractivity contribution < 1.29 is 9.53 Å². The molecular formula is C23H15BrCl2N2O2. The first-order valence-electron chi connectivity index (χ1n) is 8.80. The highest BCUT2D eigenvalue weighted by Gasteiger charge is 2.12. The van der Waals surface area contributed by atoms with Gasteiger partial charge in [0.1, 0.15) is 24.0 Å². The summed E-state index contributed by atoms with van der Waals surface area (Å²) in [6.45, 7) is 0.316. The van der Waals surface area contributed by atoms with Gasteiger partial charge in [-0.15, -0.1) is 0 Å². The number of hydrogen-bond donors (Lipinski definition) is 1. The van der Waals surface area contributed by atoms with Gasteiger partial charge in [-0.05, 0) is 60.2 Å². The molecule has 0 saturated heterocycles. The fourth-order valence-electron chi connectivity index (χ4n) is 2.57. The van der Waals surface area contributed by atoms with E-state index in [1.165, 1.54) is 6.08 Å². The maximum Gasteiger partial charge on any atom is 0.266 e. The van der Waals surface area contributed by atoms with Crippen LogP contribution >= 0.6 is 39.1 Å². The van der Waals surface area contributed by atoms with Gasteiger partial charge in [0.05, 0.1) is 0 Å². The number of hydrogen-bond acceptors (Lipinski definition) is 3. The van der Waals surface area contributed by atoms with Crippen molar-refractivity contribution in [1.29, 1.82) is 5.26 Å².